The Balaban J connectivity index is 2.11. The van der Waals surface area contributed by atoms with Crippen molar-refractivity contribution < 1.29 is 14.7 Å². The smallest absolute Gasteiger partial charge is 0.337 e. The molecule has 114 valence electrons. The van der Waals surface area contributed by atoms with Crippen LogP contribution < -0.4 is 5.32 Å². The van der Waals surface area contributed by atoms with Crippen LogP contribution in [0, 0.1) is 0 Å². The molecule has 0 spiro atoms. The molecule has 0 fully saturated rings. The molecule has 23 heavy (non-hydrogen) atoms. The van der Waals surface area contributed by atoms with Crippen molar-refractivity contribution in [3.63, 3.8) is 0 Å². The summed E-state index contributed by atoms with van der Waals surface area (Å²) in [5, 5.41) is 13.9. The van der Waals surface area contributed by atoms with Gasteiger partial charge in [-0.2, -0.15) is 0 Å². The molecule has 0 atom stereocenters. The highest BCUT2D eigenvalue weighted by atomic mass is 35.5. The first-order chi connectivity index (χ1) is 11.1. The average Bonchev–Trinajstić information content (AvgIpc) is 2.55. The van der Waals surface area contributed by atoms with Crippen LogP contribution in [0.5, 0.6) is 0 Å². The number of anilines is 1. The summed E-state index contributed by atoms with van der Waals surface area (Å²) in [6, 6.07) is 17.1. The minimum atomic E-state index is -1.11. The maximum Gasteiger partial charge on any atom is 0.337 e. The summed E-state index contributed by atoms with van der Waals surface area (Å²) in [4.78, 5) is 23.9. The van der Waals surface area contributed by atoms with Crippen molar-refractivity contribution in [1.82, 2.24) is 0 Å². The van der Waals surface area contributed by atoms with Gasteiger partial charge in [0.25, 0.3) is 5.91 Å². The number of carbonyl (C=O) groups excluding carboxylic acids is 1. The summed E-state index contributed by atoms with van der Waals surface area (Å²) in [6.45, 7) is 0. The van der Waals surface area contributed by atoms with Gasteiger partial charge in [0.15, 0.2) is 0 Å². The maximum absolute atomic E-state index is 12.5. The number of carboxylic acids is 1. The lowest BCUT2D eigenvalue weighted by molar-refractivity contribution is 0.0698. The van der Waals surface area contributed by atoms with E-state index in [1.165, 1.54) is 6.07 Å². The topological polar surface area (TPSA) is 66.4 Å². The fourth-order valence-electron chi connectivity index (χ4n) is 2.41. The number of carboxylic acid groups (broad SMARTS) is 1. The lowest BCUT2D eigenvalue weighted by Crippen LogP contribution is -2.15. The minimum Gasteiger partial charge on any atom is -0.478 e. The van der Waals surface area contributed by atoms with Crippen molar-refractivity contribution in [3.8, 4) is 0 Å². The molecule has 0 aromatic heterocycles. The number of carbonyl (C=O) groups is 2. The number of aromatic carboxylic acids is 1. The van der Waals surface area contributed by atoms with Crippen molar-refractivity contribution in [2.75, 3.05) is 5.32 Å². The molecule has 0 unspecified atom stereocenters. The number of halogens is 1. The van der Waals surface area contributed by atoms with E-state index in [2.05, 4.69) is 5.32 Å². The molecule has 0 saturated heterocycles. The van der Waals surface area contributed by atoms with Gasteiger partial charge in [-0.1, -0.05) is 54.1 Å². The van der Waals surface area contributed by atoms with Crippen LogP contribution in [-0.2, 0) is 0 Å². The van der Waals surface area contributed by atoms with Crippen LogP contribution in [-0.4, -0.2) is 17.0 Å². The van der Waals surface area contributed by atoms with E-state index in [0.717, 1.165) is 5.39 Å². The Morgan fingerprint density at radius 3 is 2.30 bits per heavy atom. The van der Waals surface area contributed by atoms with Gasteiger partial charge in [0.2, 0.25) is 0 Å². The number of hydrogen-bond acceptors (Lipinski definition) is 2. The summed E-state index contributed by atoms with van der Waals surface area (Å²) < 4.78 is 0. The van der Waals surface area contributed by atoms with E-state index in [-0.39, 0.29) is 11.3 Å². The number of benzene rings is 3. The van der Waals surface area contributed by atoms with Crippen molar-refractivity contribution in [2.24, 2.45) is 0 Å². The lowest BCUT2D eigenvalue weighted by Gasteiger charge is -2.12. The number of fused-ring (bicyclic) bond motifs is 1. The molecule has 0 heterocycles. The molecule has 3 rings (SSSR count). The second-order valence-electron chi connectivity index (χ2n) is 4.95. The lowest BCUT2D eigenvalue weighted by atomic mass is 10.0. The van der Waals surface area contributed by atoms with Gasteiger partial charge in [-0.05, 0) is 23.6 Å². The second kappa shape index (κ2) is 6.10. The van der Waals surface area contributed by atoms with Gasteiger partial charge in [-0.3, -0.25) is 4.79 Å². The van der Waals surface area contributed by atoms with E-state index >= 15 is 0 Å². The van der Waals surface area contributed by atoms with E-state index in [4.69, 9.17) is 11.6 Å². The third-order valence-corrected chi connectivity index (χ3v) is 3.85. The van der Waals surface area contributed by atoms with Gasteiger partial charge in [0.1, 0.15) is 0 Å². The third-order valence-electron chi connectivity index (χ3n) is 3.52. The van der Waals surface area contributed by atoms with Gasteiger partial charge < -0.3 is 10.4 Å². The van der Waals surface area contributed by atoms with E-state index in [9.17, 15) is 14.7 Å². The molecule has 0 aliphatic carbocycles. The van der Waals surface area contributed by atoms with E-state index in [0.29, 0.717) is 16.0 Å². The predicted molar refractivity (Wildman–Crippen MR) is 90.3 cm³/mol. The molecule has 4 nitrogen and oxygen atoms in total. The summed E-state index contributed by atoms with van der Waals surface area (Å²) >= 11 is 6.03. The third kappa shape index (κ3) is 2.89. The van der Waals surface area contributed by atoms with Gasteiger partial charge in [-0.15, -0.1) is 0 Å². The molecule has 0 radical (unpaired) electrons. The van der Waals surface area contributed by atoms with Crippen LogP contribution in [0.15, 0.2) is 60.7 Å². The standard InChI is InChI=1S/C18H12ClNO3/c19-15-8-4-3-7-13(15)17(21)20-16-12-6-2-1-5-11(12)9-10-14(16)18(22)23/h1-10H,(H,20,21)(H,22,23). The zero-order chi connectivity index (χ0) is 16.4. The summed E-state index contributed by atoms with van der Waals surface area (Å²) in [5.74, 6) is -1.56. The predicted octanol–water partition coefficient (Wildman–Crippen LogP) is 4.44. The first-order valence-corrected chi connectivity index (χ1v) is 7.26. The molecule has 5 heteroatoms. The highest BCUT2D eigenvalue weighted by molar-refractivity contribution is 6.34. The number of amides is 1. The maximum atomic E-state index is 12.5. The average molecular weight is 326 g/mol. The zero-order valence-corrected chi connectivity index (χ0v) is 12.7. The van der Waals surface area contributed by atoms with Crippen molar-refractivity contribution in [2.45, 2.75) is 0 Å². The molecule has 3 aromatic rings. The normalized spacial score (nSPS) is 10.5. The van der Waals surface area contributed by atoms with E-state index < -0.39 is 11.9 Å². The molecular weight excluding hydrogens is 314 g/mol. The number of hydrogen-bond donors (Lipinski definition) is 2. The Bertz CT molecular complexity index is 921. The van der Waals surface area contributed by atoms with Crippen molar-refractivity contribution in [1.29, 1.82) is 0 Å². The highest BCUT2D eigenvalue weighted by Crippen LogP contribution is 2.29. The largest absolute Gasteiger partial charge is 0.478 e. The minimum absolute atomic E-state index is 0.0316. The van der Waals surface area contributed by atoms with E-state index in [1.807, 2.05) is 12.1 Å². The molecule has 2 N–H and O–H groups in total. The summed E-state index contributed by atoms with van der Waals surface area (Å²) in [7, 11) is 0. The zero-order valence-electron chi connectivity index (χ0n) is 11.9. The SMILES string of the molecule is O=C(Nc1c(C(=O)O)ccc2ccccc12)c1ccccc1Cl. The van der Waals surface area contributed by atoms with E-state index in [1.54, 1.807) is 42.5 Å². The van der Waals surface area contributed by atoms with Crippen LogP contribution in [0.4, 0.5) is 5.69 Å². The molecule has 0 bridgehead atoms. The fraction of sp³-hybridized carbons (Fsp3) is 0. The number of rotatable bonds is 3. The van der Waals surface area contributed by atoms with Gasteiger partial charge in [0, 0.05) is 5.39 Å². The molecule has 3 aromatic carbocycles. The number of nitrogens with one attached hydrogen (secondary N) is 1. The molecule has 0 aliphatic rings. The molecular formula is C18H12ClNO3. The van der Waals surface area contributed by atoms with Crippen molar-refractivity contribution >= 4 is 39.9 Å². The second-order valence-corrected chi connectivity index (χ2v) is 5.36. The molecule has 0 saturated carbocycles. The first kappa shape index (κ1) is 15.1. The van der Waals surface area contributed by atoms with Gasteiger partial charge in [-0.25, -0.2) is 4.79 Å². The molecule has 1 amide bonds. The summed E-state index contributed by atoms with van der Waals surface area (Å²) in [6.07, 6.45) is 0. The molecule has 0 aliphatic heterocycles. The Labute approximate surface area is 137 Å². The van der Waals surface area contributed by atoms with Gasteiger partial charge >= 0.3 is 5.97 Å². The quantitative estimate of drug-likeness (QED) is 0.748. The first-order valence-electron chi connectivity index (χ1n) is 6.89. The fourth-order valence-corrected chi connectivity index (χ4v) is 2.63. The van der Waals surface area contributed by atoms with Gasteiger partial charge in [0.05, 0.1) is 21.8 Å². The Hall–Kier alpha value is -2.85. The highest BCUT2D eigenvalue weighted by Gasteiger charge is 2.17. The van der Waals surface area contributed by atoms with Crippen LogP contribution in [0.2, 0.25) is 5.02 Å². The monoisotopic (exact) mass is 325 g/mol. The summed E-state index contributed by atoms with van der Waals surface area (Å²) in [5.41, 5.74) is 0.586. The van der Waals surface area contributed by atoms with Crippen LogP contribution in [0.3, 0.4) is 0 Å². The van der Waals surface area contributed by atoms with Crippen LogP contribution in [0.1, 0.15) is 20.7 Å². The van der Waals surface area contributed by atoms with Crippen molar-refractivity contribution in [3.05, 3.63) is 76.8 Å². The Morgan fingerprint density at radius 2 is 1.57 bits per heavy atom. The van der Waals surface area contributed by atoms with Crippen LogP contribution in [0.25, 0.3) is 10.8 Å². The Kier molecular flexibility index (Phi) is 4.00. The Morgan fingerprint density at radius 1 is 0.870 bits per heavy atom. The van der Waals surface area contributed by atoms with Crippen LogP contribution >= 0.6 is 11.6 Å².